The molecule has 1 aliphatic rings. The topological polar surface area (TPSA) is 59.1 Å². The number of hydrogen-bond donors (Lipinski definition) is 0. The molecule has 6 heteroatoms. The third-order valence-electron chi connectivity index (χ3n) is 6.42. The Morgan fingerprint density at radius 2 is 1.71 bits per heavy atom. The van der Waals surface area contributed by atoms with Gasteiger partial charge >= 0.3 is 12.1 Å². The average molecular weight is 487 g/mol. The van der Waals surface area contributed by atoms with E-state index in [1.807, 2.05) is 25.1 Å². The van der Waals surface area contributed by atoms with Crippen LogP contribution in [0, 0.1) is 5.92 Å². The second kappa shape index (κ2) is 14.9. The van der Waals surface area contributed by atoms with Crippen LogP contribution in [0.2, 0.25) is 0 Å². The Morgan fingerprint density at radius 3 is 2.34 bits per heavy atom. The van der Waals surface area contributed by atoms with Crippen LogP contribution in [-0.4, -0.2) is 55.3 Å². The molecule has 1 heterocycles. The first-order valence-electron chi connectivity index (χ1n) is 13.3. The van der Waals surface area contributed by atoms with E-state index in [-0.39, 0.29) is 24.2 Å². The van der Waals surface area contributed by atoms with Gasteiger partial charge in [0, 0.05) is 20.6 Å². The molecule has 196 valence electrons. The maximum Gasteiger partial charge on any atom is 0.414 e. The lowest BCUT2D eigenvalue weighted by molar-refractivity contribution is -0.162. The maximum absolute atomic E-state index is 13.2. The third-order valence-corrected chi connectivity index (χ3v) is 6.42. The Balaban J connectivity index is 2.05. The molecule has 2 unspecified atom stereocenters. The van der Waals surface area contributed by atoms with Crippen molar-refractivity contribution in [1.82, 2.24) is 9.80 Å². The van der Waals surface area contributed by atoms with Crippen LogP contribution in [0.25, 0.3) is 0 Å². The monoisotopic (exact) mass is 486 g/mol. The number of ether oxygens (including phenoxy) is 2. The fourth-order valence-corrected chi connectivity index (χ4v) is 4.28. The molecule has 2 rings (SSSR count). The van der Waals surface area contributed by atoms with Gasteiger partial charge in [0.05, 0.1) is 12.5 Å². The Morgan fingerprint density at radius 1 is 1.03 bits per heavy atom. The van der Waals surface area contributed by atoms with Crippen molar-refractivity contribution in [3.8, 4) is 0 Å². The van der Waals surface area contributed by atoms with Crippen molar-refractivity contribution < 1.29 is 19.1 Å². The summed E-state index contributed by atoms with van der Waals surface area (Å²) in [4.78, 5) is 28.8. The minimum Gasteiger partial charge on any atom is -0.446 e. The van der Waals surface area contributed by atoms with Crippen molar-refractivity contribution in [2.75, 3.05) is 27.2 Å². The summed E-state index contributed by atoms with van der Waals surface area (Å²) in [5, 5.41) is 0. The van der Waals surface area contributed by atoms with E-state index in [1.165, 1.54) is 29.7 Å². The number of esters is 1. The normalized spacial score (nSPS) is 15.9. The molecule has 0 fully saturated rings. The molecular weight excluding hydrogens is 440 g/mol. The Bertz CT molecular complexity index is 816. The SMILES string of the molecule is CCCCCCCC(OC(=O)C(C)c1ccc(CC(C)C)cc1)N1CCC=C(OC(=O)N(C)C)C1. The van der Waals surface area contributed by atoms with Crippen LogP contribution < -0.4 is 0 Å². The first-order valence-corrected chi connectivity index (χ1v) is 13.3. The van der Waals surface area contributed by atoms with E-state index in [0.29, 0.717) is 18.2 Å². The number of carbonyl (C=O) groups is 2. The van der Waals surface area contributed by atoms with Crippen molar-refractivity contribution in [2.45, 2.75) is 91.2 Å². The van der Waals surface area contributed by atoms with Gasteiger partial charge in [0.25, 0.3) is 0 Å². The summed E-state index contributed by atoms with van der Waals surface area (Å²) in [5.41, 5.74) is 2.26. The van der Waals surface area contributed by atoms with Crippen molar-refractivity contribution in [3.05, 3.63) is 47.2 Å². The number of benzene rings is 1. The highest BCUT2D eigenvalue weighted by molar-refractivity contribution is 5.77. The second-order valence-corrected chi connectivity index (χ2v) is 10.3. The molecule has 6 nitrogen and oxygen atoms in total. The van der Waals surface area contributed by atoms with E-state index in [9.17, 15) is 9.59 Å². The van der Waals surface area contributed by atoms with Crippen LogP contribution >= 0.6 is 0 Å². The molecule has 0 spiro atoms. The highest BCUT2D eigenvalue weighted by Crippen LogP contribution is 2.24. The molecule has 1 amide bonds. The number of nitrogens with zero attached hydrogens (tertiary/aromatic N) is 2. The van der Waals surface area contributed by atoms with Crippen LogP contribution in [0.15, 0.2) is 36.1 Å². The molecule has 0 saturated carbocycles. The van der Waals surface area contributed by atoms with Crippen molar-refractivity contribution in [2.24, 2.45) is 5.92 Å². The summed E-state index contributed by atoms with van der Waals surface area (Å²) in [7, 11) is 3.34. The van der Waals surface area contributed by atoms with Crippen LogP contribution in [0.1, 0.15) is 89.7 Å². The van der Waals surface area contributed by atoms with Crippen LogP contribution in [0.5, 0.6) is 0 Å². The predicted molar refractivity (Wildman–Crippen MR) is 141 cm³/mol. The zero-order valence-electron chi connectivity index (χ0n) is 22.7. The molecular formula is C29H46N2O4. The summed E-state index contributed by atoms with van der Waals surface area (Å²) in [5.74, 6) is 0.677. The third kappa shape index (κ3) is 10.0. The number of hydrogen-bond acceptors (Lipinski definition) is 5. The van der Waals surface area contributed by atoms with E-state index in [1.54, 1.807) is 14.1 Å². The highest BCUT2D eigenvalue weighted by atomic mass is 16.6. The highest BCUT2D eigenvalue weighted by Gasteiger charge is 2.28. The van der Waals surface area contributed by atoms with E-state index in [2.05, 4.69) is 37.8 Å². The number of unbranched alkanes of at least 4 members (excludes halogenated alkanes) is 4. The summed E-state index contributed by atoms with van der Waals surface area (Å²) < 4.78 is 11.6. The maximum atomic E-state index is 13.2. The molecule has 1 aromatic rings. The van der Waals surface area contributed by atoms with Crippen LogP contribution in [0.3, 0.4) is 0 Å². The second-order valence-electron chi connectivity index (χ2n) is 10.3. The van der Waals surface area contributed by atoms with E-state index >= 15 is 0 Å². The summed E-state index contributed by atoms with van der Waals surface area (Å²) >= 11 is 0. The number of rotatable bonds is 13. The van der Waals surface area contributed by atoms with Gasteiger partial charge in [-0.15, -0.1) is 0 Å². The van der Waals surface area contributed by atoms with Gasteiger partial charge in [0.15, 0.2) is 6.23 Å². The molecule has 0 bridgehead atoms. The lowest BCUT2D eigenvalue weighted by atomic mass is 9.97. The van der Waals surface area contributed by atoms with Gasteiger partial charge in [0.2, 0.25) is 0 Å². The average Bonchev–Trinajstić information content (AvgIpc) is 2.82. The molecule has 0 N–H and O–H groups in total. The molecule has 0 aromatic heterocycles. The first-order chi connectivity index (χ1) is 16.7. The molecule has 0 radical (unpaired) electrons. The summed E-state index contributed by atoms with van der Waals surface area (Å²) in [6.07, 6.45) is 9.56. The van der Waals surface area contributed by atoms with E-state index in [4.69, 9.17) is 9.47 Å². The first kappa shape index (κ1) is 28.9. The Hall–Kier alpha value is -2.34. The molecule has 0 saturated heterocycles. The van der Waals surface area contributed by atoms with Gasteiger partial charge in [-0.25, -0.2) is 4.79 Å². The minimum atomic E-state index is -0.388. The van der Waals surface area contributed by atoms with Gasteiger partial charge in [-0.1, -0.05) is 70.7 Å². The van der Waals surface area contributed by atoms with Crippen molar-refractivity contribution >= 4 is 12.1 Å². The molecule has 1 aliphatic heterocycles. The van der Waals surface area contributed by atoms with Crippen molar-refractivity contribution in [3.63, 3.8) is 0 Å². The molecule has 1 aromatic carbocycles. The predicted octanol–water partition coefficient (Wildman–Crippen LogP) is 6.51. The number of carbonyl (C=O) groups excluding carboxylic acids is 2. The van der Waals surface area contributed by atoms with Gasteiger partial charge in [-0.2, -0.15) is 0 Å². The van der Waals surface area contributed by atoms with Gasteiger partial charge in [0.1, 0.15) is 5.76 Å². The van der Waals surface area contributed by atoms with Crippen LogP contribution in [-0.2, 0) is 20.7 Å². The zero-order chi connectivity index (χ0) is 25.8. The lowest BCUT2D eigenvalue weighted by Gasteiger charge is -2.34. The largest absolute Gasteiger partial charge is 0.446 e. The fraction of sp³-hybridized carbons (Fsp3) is 0.655. The van der Waals surface area contributed by atoms with E-state index in [0.717, 1.165) is 44.2 Å². The van der Waals surface area contributed by atoms with Gasteiger partial charge in [-0.05, 0) is 55.7 Å². The number of amides is 1. The molecule has 0 aliphatic carbocycles. The van der Waals surface area contributed by atoms with Gasteiger partial charge in [-0.3, -0.25) is 9.69 Å². The zero-order valence-corrected chi connectivity index (χ0v) is 22.7. The quantitative estimate of drug-likeness (QED) is 0.235. The van der Waals surface area contributed by atoms with Crippen molar-refractivity contribution in [1.29, 1.82) is 0 Å². The molecule has 35 heavy (non-hydrogen) atoms. The van der Waals surface area contributed by atoms with Crippen LogP contribution in [0.4, 0.5) is 4.79 Å². The minimum absolute atomic E-state index is 0.207. The Labute approximate surface area is 212 Å². The summed E-state index contributed by atoms with van der Waals surface area (Å²) in [6.45, 7) is 9.77. The fourth-order valence-electron chi connectivity index (χ4n) is 4.28. The van der Waals surface area contributed by atoms with E-state index < -0.39 is 0 Å². The summed E-state index contributed by atoms with van der Waals surface area (Å²) in [6, 6.07) is 8.33. The molecule has 2 atom stereocenters. The lowest BCUT2D eigenvalue weighted by Crippen LogP contribution is -2.43. The van der Waals surface area contributed by atoms with Gasteiger partial charge < -0.3 is 14.4 Å². The Kier molecular flexibility index (Phi) is 12.3. The standard InChI is InChI=1S/C29H46N2O4/c1-7-8-9-10-11-14-27(31-19-12-13-26(21-31)34-29(33)30(5)6)35-28(32)23(4)25-17-15-24(16-18-25)20-22(2)3/h13,15-18,22-23,27H,7-12,14,19-21H2,1-6H3. The smallest absolute Gasteiger partial charge is 0.414 e.